The normalized spacial score (nSPS) is 13.3. The SMILES string of the molecule is CCCCCCCCCCCCCCCCCC[C@](C)(O)C(=O)CCCCCCCCCCC. The van der Waals surface area contributed by atoms with Crippen molar-refractivity contribution in [2.45, 2.75) is 200 Å². The molecule has 34 heavy (non-hydrogen) atoms. The molecular weight excluding hydrogens is 416 g/mol. The molecule has 0 aliphatic carbocycles. The first-order chi connectivity index (χ1) is 16.5. The molecule has 0 fully saturated rings. The number of hydrogen-bond acceptors (Lipinski definition) is 2. The summed E-state index contributed by atoms with van der Waals surface area (Å²) in [6.07, 6.45) is 34.2. The molecule has 0 radical (unpaired) electrons. The Labute approximate surface area is 215 Å². The summed E-state index contributed by atoms with van der Waals surface area (Å²) in [7, 11) is 0. The molecule has 0 heterocycles. The number of ketones is 1. The summed E-state index contributed by atoms with van der Waals surface area (Å²) < 4.78 is 0. The molecule has 0 rings (SSSR count). The molecule has 0 aromatic rings. The summed E-state index contributed by atoms with van der Waals surface area (Å²) in [5, 5.41) is 10.6. The zero-order valence-corrected chi connectivity index (χ0v) is 23.9. The van der Waals surface area contributed by atoms with Crippen LogP contribution in [0, 0.1) is 0 Å². The van der Waals surface area contributed by atoms with Crippen LogP contribution in [0.5, 0.6) is 0 Å². The molecule has 0 aromatic carbocycles. The largest absolute Gasteiger partial charge is 0.382 e. The van der Waals surface area contributed by atoms with Crippen molar-refractivity contribution >= 4 is 5.78 Å². The van der Waals surface area contributed by atoms with E-state index in [1.54, 1.807) is 6.92 Å². The molecule has 0 unspecified atom stereocenters. The second kappa shape index (κ2) is 25.7. The van der Waals surface area contributed by atoms with Crippen molar-refractivity contribution in [1.82, 2.24) is 0 Å². The number of unbranched alkanes of at least 4 members (excludes halogenated alkanes) is 23. The van der Waals surface area contributed by atoms with Gasteiger partial charge in [0.05, 0.1) is 0 Å². The van der Waals surface area contributed by atoms with Gasteiger partial charge >= 0.3 is 0 Å². The maximum Gasteiger partial charge on any atom is 0.164 e. The number of aliphatic hydroxyl groups is 1. The molecule has 0 aliphatic heterocycles. The molecule has 1 N–H and O–H groups in total. The Kier molecular flexibility index (Phi) is 25.4. The van der Waals surface area contributed by atoms with Crippen LogP contribution < -0.4 is 0 Å². The minimum Gasteiger partial charge on any atom is -0.382 e. The molecule has 0 saturated carbocycles. The predicted octanol–water partition coefficient (Wildman–Crippen LogP) is 10.9. The quantitative estimate of drug-likeness (QED) is 0.113. The Hall–Kier alpha value is -0.370. The van der Waals surface area contributed by atoms with Crippen LogP contribution >= 0.6 is 0 Å². The minimum atomic E-state index is -1.10. The summed E-state index contributed by atoms with van der Waals surface area (Å²) in [5.74, 6) is 0.0661. The van der Waals surface area contributed by atoms with Crippen molar-refractivity contribution in [3.05, 3.63) is 0 Å². The smallest absolute Gasteiger partial charge is 0.164 e. The average molecular weight is 481 g/mol. The first-order valence-electron chi connectivity index (χ1n) is 15.8. The molecule has 0 aromatic heterocycles. The Morgan fingerprint density at radius 3 is 1.06 bits per heavy atom. The highest BCUT2D eigenvalue weighted by Crippen LogP contribution is 2.21. The Bertz CT molecular complexity index is 415. The van der Waals surface area contributed by atoms with E-state index < -0.39 is 5.60 Å². The summed E-state index contributed by atoms with van der Waals surface area (Å²) in [6.45, 7) is 6.29. The van der Waals surface area contributed by atoms with Crippen molar-refractivity contribution in [2.24, 2.45) is 0 Å². The molecule has 0 spiro atoms. The van der Waals surface area contributed by atoms with Crippen LogP contribution in [0.3, 0.4) is 0 Å². The highest BCUT2D eigenvalue weighted by Gasteiger charge is 2.28. The third-order valence-electron chi connectivity index (χ3n) is 7.63. The second-order valence-electron chi connectivity index (χ2n) is 11.3. The lowest BCUT2D eigenvalue weighted by molar-refractivity contribution is -0.136. The summed E-state index contributed by atoms with van der Waals surface area (Å²) in [4.78, 5) is 12.4. The van der Waals surface area contributed by atoms with Gasteiger partial charge in [-0.15, -0.1) is 0 Å². The first kappa shape index (κ1) is 33.6. The van der Waals surface area contributed by atoms with Gasteiger partial charge in [-0.2, -0.15) is 0 Å². The van der Waals surface area contributed by atoms with E-state index in [0.29, 0.717) is 12.8 Å². The third kappa shape index (κ3) is 23.4. The molecule has 2 heteroatoms. The van der Waals surface area contributed by atoms with E-state index in [1.165, 1.54) is 135 Å². The van der Waals surface area contributed by atoms with Crippen molar-refractivity contribution in [3.8, 4) is 0 Å². The standard InChI is InChI=1S/C32H64O2/c1-4-6-8-10-12-14-15-16-17-18-19-20-22-24-26-28-30-32(3,34)31(33)29-27-25-23-21-13-11-9-7-5-2/h34H,4-30H2,1-3H3/t32-/m0/s1. The van der Waals surface area contributed by atoms with Gasteiger partial charge in [0, 0.05) is 6.42 Å². The molecule has 0 aliphatic rings. The maximum absolute atomic E-state index is 12.4. The van der Waals surface area contributed by atoms with Crippen LogP contribution in [-0.4, -0.2) is 16.5 Å². The zero-order valence-electron chi connectivity index (χ0n) is 23.9. The average Bonchev–Trinajstić information content (AvgIpc) is 2.82. The van der Waals surface area contributed by atoms with Crippen molar-refractivity contribution in [1.29, 1.82) is 0 Å². The van der Waals surface area contributed by atoms with Crippen molar-refractivity contribution in [2.75, 3.05) is 0 Å². The van der Waals surface area contributed by atoms with E-state index in [1.807, 2.05) is 0 Å². The number of carbonyl (C=O) groups excluding carboxylic acids is 1. The van der Waals surface area contributed by atoms with Gasteiger partial charge in [0.2, 0.25) is 0 Å². The van der Waals surface area contributed by atoms with E-state index in [0.717, 1.165) is 25.7 Å². The van der Waals surface area contributed by atoms with E-state index in [-0.39, 0.29) is 5.78 Å². The van der Waals surface area contributed by atoms with E-state index in [4.69, 9.17) is 0 Å². The van der Waals surface area contributed by atoms with Crippen LogP contribution in [0.2, 0.25) is 0 Å². The number of hydrogen-bond donors (Lipinski definition) is 1. The highest BCUT2D eigenvalue weighted by atomic mass is 16.3. The fraction of sp³-hybridized carbons (Fsp3) is 0.969. The molecule has 1 atom stereocenters. The lowest BCUT2D eigenvalue weighted by Gasteiger charge is -2.21. The molecule has 0 amide bonds. The molecule has 0 saturated heterocycles. The van der Waals surface area contributed by atoms with Crippen LogP contribution in [-0.2, 0) is 4.79 Å². The topological polar surface area (TPSA) is 37.3 Å². The van der Waals surface area contributed by atoms with Crippen molar-refractivity contribution < 1.29 is 9.90 Å². The summed E-state index contributed by atoms with van der Waals surface area (Å²) >= 11 is 0. The predicted molar refractivity (Wildman–Crippen MR) is 152 cm³/mol. The highest BCUT2D eigenvalue weighted by molar-refractivity contribution is 5.86. The number of rotatable bonds is 28. The van der Waals surface area contributed by atoms with Gasteiger partial charge in [0.1, 0.15) is 5.60 Å². The van der Waals surface area contributed by atoms with Crippen LogP contribution in [0.4, 0.5) is 0 Å². The van der Waals surface area contributed by atoms with Gasteiger partial charge in [-0.25, -0.2) is 0 Å². The van der Waals surface area contributed by atoms with Crippen LogP contribution in [0.25, 0.3) is 0 Å². The van der Waals surface area contributed by atoms with Gasteiger partial charge in [-0.1, -0.05) is 168 Å². The van der Waals surface area contributed by atoms with Gasteiger partial charge in [0.25, 0.3) is 0 Å². The fourth-order valence-corrected chi connectivity index (χ4v) is 5.02. The van der Waals surface area contributed by atoms with Gasteiger partial charge in [-0.05, 0) is 19.8 Å². The number of carbonyl (C=O) groups is 1. The molecule has 0 bridgehead atoms. The Balaban J connectivity index is 3.42. The molecular formula is C32H64O2. The number of Topliss-reactive ketones (excluding diaryl/α,β-unsaturated/α-hetero) is 1. The van der Waals surface area contributed by atoms with Gasteiger partial charge in [-0.3, -0.25) is 4.79 Å². The Morgan fingerprint density at radius 1 is 0.471 bits per heavy atom. The Morgan fingerprint density at radius 2 is 0.735 bits per heavy atom. The fourth-order valence-electron chi connectivity index (χ4n) is 5.02. The monoisotopic (exact) mass is 480 g/mol. The summed E-state index contributed by atoms with van der Waals surface area (Å²) in [5.41, 5.74) is -1.10. The second-order valence-corrected chi connectivity index (χ2v) is 11.3. The minimum absolute atomic E-state index is 0.0661. The molecule has 204 valence electrons. The third-order valence-corrected chi connectivity index (χ3v) is 7.63. The lowest BCUT2D eigenvalue weighted by Crippen LogP contribution is -2.34. The van der Waals surface area contributed by atoms with Gasteiger partial charge in [0.15, 0.2) is 5.78 Å². The van der Waals surface area contributed by atoms with Gasteiger partial charge < -0.3 is 5.11 Å². The first-order valence-corrected chi connectivity index (χ1v) is 15.8. The van der Waals surface area contributed by atoms with E-state index >= 15 is 0 Å². The van der Waals surface area contributed by atoms with Crippen molar-refractivity contribution in [3.63, 3.8) is 0 Å². The van der Waals surface area contributed by atoms with Crippen LogP contribution in [0.1, 0.15) is 194 Å². The summed E-state index contributed by atoms with van der Waals surface area (Å²) in [6, 6.07) is 0. The molecule has 2 nitrogen and oxygen atoms in total. The van der Waals surface area contributed by atoms with E-state index in [9.17, 15) is 9.90 Å². The maximum atomic E-state index is 12.4. The zero-order chi connectivity index (χ0) is 25.2. The van der Waals surface area contributed by atoms with E-state index in [2.05, 4.69) is 13.8 Å². The van der Waals surface area contributed by atoms with Crippen LogP contribution in [0.15, 0.2) is 0 Å². The lowest BCUT2D eigenvalue weighted by atomic mass is 9.90.